The number of aromatic nitrogens is 2. The SMILES string of the molecule is CC(C)CNCc1cncn1CC(C)(C)C. The van der Waals surface area contributed by atoms with E-state index in [4.69, 9.17) is 0 Å². The van der Waals surface area contributed by atoms with E-state index in [1.165, 1.54) is 5.69 Å². The lowest BCUT2D eigenvalue weighted by atomic mass is 9.97. The predicted octanol–water partition coefficient (Wildman–Crippen LogP) is 2.67. The molecule has 3 nitrogen and oxygen atoms in total. The van der Waals surface area contributed by atoms with E-state index in [9.17, 15) is 0 Å². The van der Waals surface area contributed by atoms with Crippen LogP contribution < -0.4 is 5.32 Å². The monoisotopic (exact) mass is 223 g/mol. The van der Waals surface area contributed by atoms with Crippen molar-refractivity contribution in [3.8, 4) is 0 Å². The number of nitrogens with zero attached hydrogens (tertiary/aromatic N) is 2. The summed E-state index contributed by atoms with van der Waals surface area (Å²) in [6, 6.07) is 0. The fraction of sp³-hybridized carbons (Fsp3) is 0.769. The second kappa shape index (κ2) is 5.48. The normalized spacial score (nSPS) is 12.4. The Morgan fingerprint density at radius 3 is 2.62 bits per heavy atom. The average molecular weight is 223 g/mol. The summed E-state index contributed by atoms with van der Waals surface area (Å²) >= 11 is 0. The third-order valence-corrected chi connectivity index (χ3v) is 2.30. The van der Waals surface area contributed by atoms with Crippen molar-refractivity contribution in [1.29, 1.82) is 0 Å². The van der Waals surface area contributed by atoms with Crippen molar-refractivity contribution in [3.63, 3.8) is 0 Å². The van der Waals surface area contributed by atoms with E-state index in [1.54, 1.807) is 0 Å². The summed E-state index contributed by atoms with van der Waals surface area (Å²) < 4.78 is 2.24. The lowest BCUT2D eigenvalue weighted by Crippen LogP contribution is -2.23. The van der Waals surface area contributed by atoms with E-state index in [1.807, 2.05) is 12.5 Å². The van der Waals surface area contributed by atoms with Gasteiger partial charge in [0, 0.05) is 19.3 Å². The summed E-state index contributed by atoms with van der Waals surface area (Å²) in [5.74, 6) is 0.694. The molecule has 0 aliphatic carbocycles. The van der Waals surface area contributed by atoms with Gasteiger partial charge in [-0.2, -0.15) is 0 Å². The zero-order valence-electron chi connectivity index (χ0n) is 11.2. The van der Waals surface area contributed by atoms with Crippen molar-refractivity contribution in [3.05, 3.63) is 18.2 Å². The van der Waals surface area contributed by atoms with Crippen LogP contribution in [0, 0.1) is 11.3 Å². The molecular formula is C13H25N3. The molecule has 0 saturated carbocycles. The Balaban J connectivity index is 2.51. The van der Waals surface area contributed by atoms with Gasteiger partial charge < -0.3 is 9.88 Å². The first-order valence-corrected chi connectivity index (χ1v) is 6.08. The first kappa shape index (κ1) is 13.2. The van der Waals surface area contributed by atoms with Gasteiger partial charge in [0.2, 0.25) is 0 Å². The third kappa shape index (κ3) is 4.79. The molecule has 0 atom stereocenters. The zero-order valence-corrected chi connectivity index (χ0v) is 11.2. The van der Waals surface area contributed by atoms with Crippen molar-refractivity contribution in [2.45, 2.75) is 47.7 Å². The summed E-state index contributed by atoms with van der Waals surface area (Å²) in [4.78, 5) is 4.23. The van der Waals surface area contributed by atoms with Crippen molar-refractivity contribution in [2.75, 3.05) is 6.54 Å². The molecule has 0 unspecified atom stereocenters. The van der Waals surface area contributed by atoms with Gasteiger partial charge in [0.1, 0.15) is 0 Å². The summed E-state index contributed by atoms with van der Waals surface area (Å²) in [5.41, 5.74) is 1.57. The van der Waals surface area contributed by atoms with Crippen LogP contribution in [-0.2, 0) is 13.1 Å². The molecule has 0 amide bonds. The van der Waals surface area contributed by atoms with Gasteiger partial charge in [-0.25, -0.2) is 4.98 Å². The number of imidazole rings is 1. The number of nitrogens with one attached hydrogen (secondary N) is 1. The molecule has 0 fully saturated rings. The van der Waals surface area contributed by atoms with Gasteiger partial charge in [0.25, 0.3) is 0 Å². The standard InChI is InChI=1S/C13H25N3/c1-11(2)6-14-7-12-8-15-10-16(12)9-13(3,4)5/h8,10-11,14H,6-7,9H2,1-5H3. The molecule has 92 valence electrons. The molecular weight excluding hydrogens is 198 g/mol. The van der Waals surface area contributed by atoms with Gasteiger partial charge in [-0.05, 0) is 17.9 Å². The van der Waals surface area contributed by atoms with Gasteiger partial charge in [0.05, 0.1) is 12.0 Å². The van der Waals surface area contributed by atoms with Gasteiger partial charge in [-0.1, -0.05) is 34.6 Å². The molecule has 0 bridgehead atoms. The lowest BCUT2D eigenvalue weighted by Gasteiger charge is -2.20. The van der Waals surface area contributed by atoms with Crippen LogP contribution in [0.1, 0.15) is 40.3 Å². The summed E-state index contributed by atoms with van der Waals surface area (Å²) in [6.45, 7) is 14.2. The minimum absolute atomic E-state index is 0.299. The molecule has 16 heavy (non-hydrogen) atoms. The molecule has 0 aliphatic rings. The van der Waals surface area contributed by atoms with Crippen LogP contribution in [0.5, 0.6) is 0 Å². The van der Waals surface area contributed by atoms with Gasteiger partial charge in [-0.15, -0.1) is 0 Å². The smallest absolute Gasteiger partial charge is 0.0948 e. The van der Waals surface area contributed by atoms with Crippen molar-refractivity contribution in [1.82, 2.24) is 14.9 Å². The van der Waals surface area contributed by atoms with E-state index in [0.717, 1.165) is 19.6 Å². The molecule has 0 radical (unpaired) electrons. The molecule has 0 aromatic carbocycles. The molecule has 3 heteroatoms. The van der Waals surface area contributed by atoms with E-state index in [-0.39, 0.29) is 0 Å². The van der Waals surface area contributed by atoms with Crippen LogP contribution >= 0.6 is 0 Å². The van der Waals surface area contributed by atoms with Crippen LogP contribution in [0.2, 0.25) is 0 Å². The van der Waals surface area contributed by atoms with Gasteiger partial charge in [0.15, 0.2) is 0 Å². The minimum Gasteiger partial charge on any atom is -0.333 e. The van der Waals surface area contributed by atoms with Gasteiger partial charge >= 0.3 is 0 Å². The Bertz CT molecular complexity index is 307. The van der Waals surface area contributed by atoms with Crippen LogP contribution in [0.4, 0.5) is 0 Å². The molecule has 1 heterocycles. The summed E-state index contributed by atoms with van der Waals surface area (Å²) in [6.07, 6.45) is 3.89. The maximum Gasteiger partial charge on any atom is 0.0948 e. The van der Waals surface area contributed by atoms with Crippen LogP contribution in [-0.4, -0.2) is 16.1 Å². The Hall–Kier alpha value is -0.830. The molecule has 1 N–H and O–H groups in total. The lowest BCUT2D eigenvalue weighted by molar-refractivity contribution is 0.336. The van der Waals surface area contributed by atoms with E-state index in [2.05, 4.69) is 49.5 Å². The maximum absolute atomic E-state index is 4.23. The van der Waals surface area contributed by atoms with Crippen LogP contribution in [0.15, 0.2) is 12.5 Å². The fourth-order valence-corrected chi connectivity index (χ4v) is 1.64. The highest BCUT2D eigenvalue weighted by Gasteiger charge is 2.13. The Morgan fingerprint density at radius 2 is 2.06 bits per heavy atom. The highest BCUT2D eigenvalue weighted by molar-refractivity contribution is 4.98. The highest BCUT2D eigenvalue weighted by atomic mass is 15.1. The molecule has 0 spiro atoms. The molecule has 0 aliphatic heterocycles. The number of hydrogen-bond acceptors (Lipinski definition) is 2. The second-order valence-electron chi connectivity index (χ2n) is 6.10. The van der Waals surface area contributed by atoms with Crippen LogP contribution in [0.3, 0.4) is 0 Å². The quantitative estimate of drug-likeness (QED) is 0.831. The second-order valence-corrected chi connectivity index (χ2v) is 6.10. The maximum atomic E-state index is 4.23. The third-order valence-electron chi connectivity index (χ3n) is 2.30. The topological polar surface area (TPSA) is 29.9 Å². The van der Waals surface area contributed by atoms with Crippen molar-refractivity contribution in [2.24, 2.45) is 11.3 Å². The van der Waals surface area contributed by atoms with Crippen molar-refractivity contribution >= 4 is 0 Å². The van der Waals surface area contributed by atoms with E-state index < -0.39 is 0 Å². The first-order valence-electron chi connectivity index (χ1n) is 6.08. The highest BCUT2D eigenvalue weighted by Crippen LogP contribution is 2.17. The first-order chi connectivity index (χ1) is 7.38. The van der Waals surface area contributed by atoms with Crippen molar-refractivity contribution < 1.29 is 0 Å². The Labute approximate surface area is 99.3 Å². The Morgan fingerprint density at radius 1 is 1.38 bits per heavy atom. The number of rotatable bonds is 5. The van der Waals surface area contributed by atoms with Gasteiger partial charge in [-0.3, -0.25) is 0 Å². The largest absolute Gasteiger partial charge is 0.333 e. The molecule has 0 saturated heterocycles. The molecule has 1 rings (SSSR count). The molecule has 1 aromatic rings. The summed E-state index contributed by atoms with van der Waals surface area (Å²) in [5, 5.41) is 3.45. The average Bonchev–Trinajstić information content (AvgIpc) is 2.49. The fourth-order valence-electron chi connectivity index (χ4n) is 1.64. The minimum atomic E-state index is 0.299. The van der Waals surface area contributed by atoms with E-state index in [0.29, 0.717) is 11.3 Å². The zero-order chi connectivity index (χ0) is 12.2. The van der Waals surface area contributed by atoms with E-state index >= 15 is 0 Å². The predicted molar refractivity (Wildman–Crippen MR) is 68.2 cm³/mol. The van der Waals surface area contributed by atoms with Crippen LogP contribution in [0.25, 0.3) is 0 Å². The number of hydrogen-bond donors (Lipinski definition) is 1. The summed E-state index contributed by atoms with van der Waals surface area (Å²) in [7, 11) is 0. The molecule has 1 aromatic heterocycles. The Kier molecular flexibility index (Phi) is 4.54.